The molecular formula is C25H30N6. The first kappa shape index (κ1) is 19.9. The van der Waals surface area contributed by atoms with Gasteiger partial charge in [-0.25, -0.2) is 0 Å². The van der Waals surface area contributed by atoms with Crippen LogP contribution in [0, 0.1) is 5.92 Å². The number of aromatic amines is 1. The Morgan fingerprint density at radius 3 is 2.68 bits per heavy atom. The average Bonchev–Trinajstić information content (AvgIpc) is 3.48. The lowest BCUT2D eigenvalue weighted by Gasteiger charge is -2.34. The average molecular weight is 415 g/mol. The van der Waals surface area contributed by atoms with Gasteiger partial charge in [-0.2, -0.15) is 0 Å². The highest BCUT2D eigenvalue weighted by molar-refractivity contribution is 5.85. The standard InChI is InChI=1S/C25H30N6/c1-30(16-21-4-2-3-13-26-21)22-9-6-19(7-10-22)5-8-20-15-27-25-12-11-23(14-24(20)25)31-17-28-29-18-31/h2-4,11-15,17-19,22,27H,5-10,16H2,1H3. The number of rotatable bonds is 7. The van der Waals surface area contributed by atoms with Crippen molar-refractivity contribution >= 4 is 10.9 Å². The molecule has 1 aliphatic carbocycles. The number of nitrogens with zero attached hydrogens (tertiary/aromatic N) is 5. The first-order valence-corrected chi connectivity index (χ1v) is 11.3. The zero-order valence-electron chi connectivity index (χ0n) is 18.1. The maximum Gasteiger partial charge on any atom is 0.123 e. The molecule has 1 N–H and O–H groups in total. The van der Waals surface area contributed by atoms with Gasteiger partial charge in [0.2, 0.25) is 0 Å². The van der Waals surface area contributed by atoms with Crippen LogP contribution in [0.4, 0.5) is 0 Å². The molecule has 1 aliphatic rings. The number of H-pyrrole nitrogens is 1. The number of hydrogen-bond donors (Lipinski definition) is 1. The van der Waals surface area contributed by atoms with Gasteiger partial charge in [-0.15, -0.1) is 10.2 Å². The van der Waals surface area contributed by atoms with Crippen molar-refractivity contribution in [2.24, 2.45) is 5.92 Å². The molecule has 0 aliphatic heterocycles. The molecule has 0 atom stereocenters. The molecule has 160 valence electrons. The highest BCUT2D eigenvalue weighted by atomic mass is 15.2. The highest BCUT2D eigenvalue weighted by Crippen LogP contribution is 2.32. The topological polar surface area (TPSA) is 62.6 Å². The summed E-state index contributed by atoms with van der Waals surface area (Å²) in [7, 11) is 2.25. The fraction of sp³-hybridized carbons (Fsp3) is 0.400. The Morgan fingerprint density at radius 2 is 1.90 bits per heavy atom. The fourth-order valence-electron chi connectivity index (χ4n) is 4.98. The number of benzene rings is 1. The smallest absolute Gasteiger partial charge is 0.123 e. The van der Waals surface area contributed by atoms with Crippen LogP contribution in [-0.2, 0) is 13.0 Å². The van der Waals surface area contributed by atoms with Gasteiger partial charge in [0.05, 0.1) is 5.69 Å². The van der Waals surface area contributed by atoms with Gasteiger partial charge >= 0.3 is 0 Å². The predicted molar refractivity (Wildman–Crippen MR) is 123 cm³/mol. The Hall–Kier alpha value is -2.99. The van der Waals surface area contributed by atoms with E-state index in [9.17, 15) is 0 Å². The summed E-state index contributed by atoms with van der Waals surface area (Å²) in [5, 5.41) is 9.17. The van der Waals surface area contributed by atoms with Crippen molar-refractivity contribution in [3.05, 3.63) is 72.7 Å². The van der Waals surface area contributed by atoms with Crippen LogP contribution in [0.3, 0.4) is 0 Å². The number of nitrogens with one attached hydrogen (secondary N) is 1. The van der Waals surface area contributed by atoms with Crippen LogP contribution in [-0.4, -0.2) is 42.7 Å². The van der Waals surface area contributed by atoms with E-state index in [0.29, 0.717) is 6.04 Å². The maximum atomic E-state index is 4.48. The zero-order valence-corrected chi connectivity index (χ0v) is 18.1. The minimum absolute atomic E-state index is 0.678. The molecule has 5 rings (SSSR count). The van der Waals surface area contributed by atoms with Crippen LogP contribution < -0.4 is 0 Å². The minimum atomic E-state index is 0.678. The molecule has 0 saturated heterocycles. The summed E-state index contributed by atoms with van der Waals surface area (Å²) in [5.74, 6) is 0.825. The van der Waals surface area contributed by atoms with Gasteiger partial charge in [-0.3, -0.25) is 14.5 Å². The van der Waals surface area contributed by atoms with E-state index in [2.05, 4.69) is 68.6 Å². The number of fused-ring (bicyclic) bond motifs is 1. The van der Waals surface area contributed by atoms with Crippen molar-refractivity contribution < 1.29 is 0 Å². The SMILES string of the molecule is CN(Cc1ccccn1)C1CCC(CCc2c[nH]c3ccc(-n4cnnc4)cc23)CC1. The number of pyridine rings is 1. The van der Waals surface area contributed by atoms with Crippen LogP contribution in [0.2, 0.25) is 0 Å². The second-order valence-electron chi connectivity index (χ2n) is 8.86. The third-order valence-corrected chi connectivity index (χ3v) is 6.87. The maximum absolute atomic E-state index is 4.48. The van der Waals surface area contributed by atoms with Crippen molar-refractivity contribution in [2.45, 2.75) is 51.1 Å². The van der Waals surface area contributed by atoms with Gasteiger partial charge in [-0.1, -0.05) is 6.07 Å². The minimum Gasteiger partial charge on any atom is -0.361 e. The molecular weight excluding hydrogens is 384 g/mol. The van der Waals surface area contributed by atoms with Gasteiger partial charge in [0, 0.05) is 41.6 Å². The van der Waals surface area contributed by atoms with Crippen LogP contribution in [0.15, 0.2) is 61.4 Å². The number of hydrogen-bond acceptors (Lipinski definition) is 4. The molecule has 31 heavy (non-hydrogen) atoms. The molecule has 6 nitrogen and oxygen atoms in total. The molecule has 1 fully saturated rings. The summed E-state index contributed by atoms with van der Waals surface area (Å²) < 4.78 is 1.96. The van der Waals surface area contributed by atoms with E-state index in [1.54, 1.807) is 12.7 Å². The normalized spacial score (nSPS) is 19.3. The van der Waals surface area contributed by atoms with Gasteiger partial charge in [-0.05, 0) is 87.4 Å². The largest absolute Gasteiger partial charge is 0.361 e. The third kappa shape index (κ3) is 4.54. The zero-order chi connectivity index (χ0) is 21.0. The lowest BCUT2D eigenvalue weighted by Crippen LogP contribution is -2.35. The summed E-state index contributed by atoms with van der Waals surface area (Å²) in [6.45, 7) is 0.945. The van der Waals surface area contributed by atoms with Gasteiger partial charge in [0.15, 0.2) is 0 Å². The van der Waals surface area contributed by atoms with Gasteiger partial charge < -0.3 is 4.98 Å². The Morgan fingerprint density at radius 1 is 1.06 bits per heavy atom. The molecule has 0 amide bonds. The monoisotopic (exact) mass is 414 g/mol. The van der Waals surface area contributed by atoms with E-state index in [1.807, 2.05) is 16.8 Å². The van der Waals surface area contributed by atoms with Crippen molar-refractivity contribution in [1.82, 2.24) is 29.6 Å². The van der Waals surface area contributed by atoms with Crippen LogP contribution in [0.5, 0.6) is 0 Å². The van der Waals surface area contributed by atoms with Crippen LogP contribution in [0.25, 0.3) is 16.6 Å². The predicted octanol–water partition coefficient (Wildman–Crippen LogP) is 4.77. The molecule has 0 spiro atoms. The van der Waals surface area contributed by atoms with Gasteiger partial charge in [0.1, 0.15) is 12.7 Å². The van der Waals surface area contributed by atoms with E-state index >= 15 is 0 Å². The van der Waals surface area contributed by atoms with E-state index < -0.39 is 0 Å². The molecule has 0 radical (unpaired) electrons. The summed E-state index contributed by atoms with van der Waals surface area (Å²) in [4.78, 5) is 10.4. The molecule has 6 heteroatoms. The Labute approximate surface area is 183 Å². The fourth-order valence-corrected chi connectivity index (χ4v) is 4.98. The van der Waals surface area contributed by atoms with Gasteiger partial charge in [0.25, 0.3) is 0 Å². The van der Waals surface area contributed by atoms with Crippen molar-refractivity contribution in [1.29, 1.82) is 0 Å². The number of aryl methyl sites for hydroxylation is 1. The first-order chi connectivity index (χ1) is 15.3. The Bertz CT molecular complexity index is 1090. The highest BCUT2D eigenvalue weighted by Gasteiger charge is 2.24. The van der Waals surface area contributed by atoms with E-state index in [4.69, 9.17) is 0 Å². The third-order valence-electron chi connectivity index (χ3n) is 6.87. The first-order valence-electron chi connectivity index (χ1n) is 11.3. The summed E-state index contributed by atoms with van der Waals surface area (Å²) in [6, 6.07) is 13.4. The van der Waals surface area contributed by atoms with E-state index in [1.165, 1.54) is 48.6 Å². The summed E-state index contributed by atoms with van der Waals surface area (Å²) in [5.41, 5.74) is 4.89. The summed E-state index contributed by atoms with van der Waals surface area (Å²) >= 11 is 0. The molecule has 1 aromatic carbocycles. The quantitative estimate of drug-likeness (QED) is 0.473. The van der Waals surface area contributed by atoms with Crippen molar-refractivity contribution in [2.75, 3.05) is 7.05 Å². The lowest BCUT2D eigenvalue weighted by molar-refractivity contribution is 0.154. The van der Waals surface area contributed by atoms with Crippen LogP contribution in [0.1, 0.15) is 43.4 Å². The molecule has 4 aromatic rings. The molecule has 1 saturated carbocycles. The Balaban J connectivity index is 1.16. The van der Waals surface area contributed by atoms with Crippen LogP contribution >= 0.6 is 0 Å². The number of aromatic nitrogens is 5. The van der Waals surface area contributed by atoms with E-state index in [0.717, 1.165) is 30.3 Å². The van der Waals surface area contributed by atoms with E-state index in [-0.39, 0.29) is 0 Å². The van der Waals surface area contributed by atoms with Crippen molar-refractivity contribution in [3.8, 4) is 5.69 Å². The van der Waals surface area contributed by atoms with Crippen molar-refractivity contribution in [3.63, 3.8) is 0 Å². The Kier molecular flexibility index (Phi) is 5.80. The summed E-state index contributed by atoms with van der Waals surface area (Å²) in [6.07, 6.45) is 15.2. The second kappa shape index (κ2) is 9.02. The lowest BCUT2D eigenvalue weighted by atomic mass is 9.82. The molecule has 3 aromatic heterocycles. The molecule has 0 unspecified atom stereocenters. The second-order valence-corrected chi connectivity index (χ2v) is 8.86. The molecule has 0 bridgehead atoms. The molecule has 3 heterocycles.